The zero-order chi connectivity index (χ0) is 14.7. The fraction of sp³-hybridized carbons (Fsp3) is 0.333. The van der Waals surface area contributed by atoms with Gasteiger partial charge in [0.25, 0.3) is 0 Å². The van der Waals surface area contributed by atoms with E-state index in [2.05, 4.69) is 18.9 Å². The smallest absolute Gasteiger partial charge is 0.338 e. The first-order valence-corrected chi connectivity index (χ1v) is 6.59. The molecule has 0 aliphatic carbocycles. The number of aromatic nitrogens is 2. The van der Waals surface area contributed by atoms with Crippen LogP contribution in [0.2, 0.25) is 0 Å². The summed E-state index contributed by atoms with van der Waals surface area (Å²) < 4.78 is 6.70. The number of hydrogen-bond acceptors (Lipinski definition) is 4. The van der Waals surface area contributed by atoms with Crippen LogP contribution in [0, 0.1) is 0 Å². The lowest BCUT2D eigenvalue weighted by Crippen LogP contribution is -2.05. The summed E-state index contributed by atoms with van der Waals surface area (Å²) in [6.45, 7) is 4.20. The van der Waals surface area contributed by atoms with Crippen molar-refractivity contribution in [3.8, 4) is 11.1 Å². The number of anilines is 1. The highest BCUT2D eigenvalue weighted by Gasteiger charge is 2.15. The van der Waals surface area contributed by atoms with Crippen LogP contribution in [0.5, 0.6) is 0 Å². The normalized spacial score (nSPS) is 12.2. The van der Waals surface area contributed by atoms with Crippen molar-refractivity contribution >= 4 is 11.7 Å². The quantitative estimate of drug-likeness (QED) is 0.687. The van der Waals surface area contributed by atoms with Crippen molar-refractivity contribution < 1.29 is 9.53 Å². The molecular weight excluding hydrogens is 254 g/mol. The molecule has 2 aromatic rings. The van der Waals surface area contributed by atoms with E-state index in [9.17, 15) is 4.79 Å². The lowest BCUT2D eigenvalue weighted by atomic mass is 10.0. The maximum atomic E-state index is 11.9. The lowest BCUT2D eigenvalue weighted by Gasteiger charge is -2.09. The van der Waals surface area contributed by atoms with Gasteiger partial charge in [0.05, 0.1) is 18.9 Å². The van der Waals surface area contributed by atoms with Crippen LogP contribution in [0.15, 0.2) is 30.6 Å². The first-order chi connectivity index (χ1) is 9.56. The van der Waals surface area contributed by atoms with Crippen molar-refractivity contribution in [2.45, 2.75) is 26.3 Å². The Morgan fingerprint density at radius 2 is 2.25 bits per heavy atom. The average molecular weight is 273 g/mol. The van der Waals surface area contributed by atoms with Crippen LogP contribution < -0.4 is 5.73 Å². The number of carbonyl (C=O) groups is 1. The summed E-state index contributed by atoms with van der Waals surface area (Å²) in [6.07, 6.45) is 4.68. The molecule has 0 saturated carbocycles. The first kappa shape index (κ1) is 14.1. The van der Waals surface area contributed by atoms with Gasteiger partial charge in [-0.3, -0.25) is 4.68 Å². The summed E-state index contributed by atoms with van der Waals surface area (Å²) in [6, 6.07) is 5.53. The third-order valence-corrected chi connectivity index (χ3v) is 3.40. The Kier molecular flexibility index (Phi) is 4.08. The van der Waals surface area contributed by atoms with E-state index in [0.717, 1.165) is 17.5 Å². The predicted octanol–water partition coefficient (Wildman–Crippen LogP) is 2.89. The van der Waals surface area contributed by atoms with Crippen LogP contribution in [0.1, 0.15) is 36.7 Å². The Morgan fingerprint density at radius 3 is 2.90 bits per heavy atom. The van der Waals surface area contributed by atoms with Crippen LogP contribution >= 0.6 is 0 Å². The molecule has 1 aromatic heterocycles. The van der Waals surface area contributed by atoms with Crippen molar-refractivity contribution in [1.82, 2.24) is 9.78 Å². The van der Waals surface area contributed by atoms with E-state index >= 15 is 0 Å². The van der Waals surface area contributed by atoms with Crippen LogP contribution in [-0.4, -0.2) is 22.9 Å². The molecule has 106 valence electrons. The second kappa shape index (κ2) is 5.77. The minimum atomic E-state index is -0.399. The number of methoxy groups -OCH3 is 1. The summed E-state index contributed by atoms with van der Waals surface area (Å²) in [5.41, 5.74) is 8.39. The van der Waals surface area contributed by atoms with E-state index in [-0.39, 0.29) is 0 Å². The minimum Gasteiger partial charge on any atom is -0.465 e. The fourth-order valence-corrected chi connectivity index (χ4v) is 2.00. The monoisotopic (exact) mass is 273 g/mol. The van der Waals surface area contributed by atoms with Gasteiger partial charge < -0.3 is 10.5 Å². The number of nitrogen functional groups attached to an aromatic ring is 1. The largest absolute Gasteiger partial charge is 0.465 e. The van der Waals surface area contributed by atoms with Crippen molar-refractivity contribution in [3.05, 3.63) is 36.2 Å². The van der Waals surface area contributed by atoms with E-state index in [1.807, 2.05) is 16.9 Å². The maximum absolute atomic E-state index is 11.9. The van der Waals surface area contributed by atoms with Gasteiger partial charge in [0.15, 0.2) is 0 Å². The second-order valence-electron chi connectivity index (χ2n) is 4.76. The molecule has 5 heteroatoms. The zero-order valence-electron chi connectivity index (χ0n) is 12.0. The summed E-state index contributed by atoms with van der Waals surface area (Å²) in [7, 11) is 1.36. The molecule has 1 aromatic carbocycles. The van der Waals surface area contributed by atoms with Gasteiger partial charge >= 0.3 is 5.97 Å². The number of nitrogens with two attached hydrogens (primary N) is 1. The Balaban J connectivity index is 2.47. The highest BCUT2D eigenvalue weighted by molar-refractivity contribution is 5.98. The average Bonchev–Trinajstić information content (AvgIpc) is 2.95. The molecule has 2 rings (SSSR count). The number of rotatable bonds is 4. The molecule has 0 amide bonds. The molecule has 0 aliphatic heterocycles. The molecule has 1 unspecified atom stereocenters. The van der Waals surface area contributed by atoms with Crippen LogP contribution in [0.25, 0.3) is 11.1 Å². The SMILES string of the molecule is CCC(C)n1cc(-c2ccc(N)cc2C(=O)OC)cn1. The summed E-state index contributed by atoms with van der Waals surface area (Å²) >= 11 is 0. The van der Waals surface area contributed by atoms with Crippen molar-refractivity contribution in [3.63, 3.8) is 0 Å². The third-order valence-electron chi connectivity index (χ3n) is 3.40. The maximum Gasteiger partial charge on any atom is 0.338 e. The lowest BCUT2D eigenvalue weighted by molar-refractivity contribution is 0.0601. The highest BCUT2D eigenvalue weighted by atomic mass is 16.5. The molecule has 0 radical (unpaired) electrons. The molecule has 1 atom stereocenters. The first-order valence-electron chi connectivity index (χ1n) is 6.59. The molecule has 0 spiro atoms. The predicted molar refractivity (Wildman–Crippen MR) is 78.4 cm³/mol. The van der Waals surface area contributed by atoms with Crippen LogP contribution in [-0.2, 0) is 4.74 Å². The van der Waals surface area contributed by atoms with Crippen LogP contribution in [0.4, 0.5) is 5.69 Å². The highest BCUT2D eigenvalue weighted by Crippen LogP contribution is 2.27. The van der Waals surface area contributed by atoms with Gasteiger partial charge in [-0.05, 0) is 31.0 Å². The van der Waals surface area contributed by atoms with Crippen molar-refractivity contribution in [1.29, 1.82) is 0 Å². The van der Waals surface area contributed by atoms with Gasteiger partial charge in [-0.1, -0.05) is 13.0 Å². The Labute approximate surface area is 118 Å². The van der Waals surface area contributed by atoms with Gasteiger partial charge in [0.1, 0.15) is 0 Å². The molecule has 1 heterocycles. The van der Waals surface area contributed by atoms with E-state index < -0.39 is 5.97 Å². The van der Waals surface area contributed by atoms with Gasteiger partial charge in [-0.15, -0.1) is 0 Å². The van der Waals surface area contributed by atoms with Gasteiger partial charge in [-0.25, -0.2) is 4.79 Å². The van der Waals surface area contributed by atoms with E-state index in [0.29, 0.717) is 17.3 Å². The second-order valence-corrected chi connectivity index (χ2v) is 4.76. The summed E-state index contributed by atoms with van der Waals surface area (Å²) in [4.78, 5) is 11.9. The minimum absolute atomic E-state index is 0.319. The van der Waals surface area contributed by atoms with E-state index in [1.165, 1.54) is 7.11 Å². The molecule has 20 heavy (non-hydrogen) atoms. The van der Waals surface area contributed by atoms with E-state index in [1.54, 1.807) is 18.3 Å². The number of nitrogens with zero attached hydrogens (tertiary/aromatic N) is 2. The molecular formula is C15H19N3O2. The Morgan fingerprint density at radius 1 is 1.50 bits per heavy atom. The summed E-state index contributed by atoms with van der Waals surface area (Å²) in [5, 5.41) is 4.35. The van der Waals surface area contributed by atoms with Gasteiger partial charge in [0.2, 0.25) is 0 Å². The molecule has 0 fully saturated rings. The van der Waals surface area contributed by atoms with Crippen LogP contribution in [0.3, 0.4) is 0 Å². The number of esters is 1. The number of carbonyl (C=O) groups excluding carboxylic acids is 1. The van der Waals surface area contributed by atoms with Crippen molar-refractivity contribution in [2.24, 2.45) is 0 Å². The number of ether oxygens (including phenoxy) is 1. The topological polar surface area (TPSA) is 70.1 Å². The van der Waals surface area contributed by atoms with Gasteiger partial charge in [-0.2, -0.15) is 5.10 Å². The zero-order valence-corrected chi connectivity index (χ0v) is 12.0. The van der Waals surface area contributed by atoms with E-state index in [4.69, 9.17) is 10.5 Å². The molecule has 0 saturated heterocycles. The third kappa shape index (κ3) is 2.66. The number of benzene rings is 1. The standard InChI is InChI=1S/C15H19N3O2/c1-4-10(2)18-9-11(8-17-18)13-6-5-12(16)7-14(13)15(19)20-3/h5-10H,4,16H2,1-3H3. The molecule has 5 nitrogen and oxygen atoms in total. The summed E-state index contributed by atoms with van der Waals surface area (Å²) in [5.74, 6) is -0.399. The number of hydrogen-bond donors (Lipinski definition) is 1. The van der Waals surface area contributed by atoms with Gasteiger partial charge in [0, 0.05) is 23.5 Å². The van der Waals surface area contributed by atoms with Crippen molar-refractivity contribution in [2.75, 3.05) is 12.8 Å². The molecule has 0 bridgehead atoms. The Hall–Kier alpha value is -2.30. The molecule has 0 aliphatic rings. The fourth-order valence-electron chi connectivity index (χ4n) is 2.00. The Bertz CT molecular complexity index is 619. The molecule has 2 N–H and O–H groups in total.